The Morgan fingerprint density at radius 2 is 1.93 bits per heavy atom. The van der Waals surface area contributed by atoms with Gasteiger partial charge in [-0.3, -0.25) is 4.98 Å². The van der Waals surface area contributed by atoms with Crippen LogP contribution in [0.1, 0.15) is 36.8 Å². The van der Waals surface area contributed by atoms with Crippen LogP contribution in [0.25, 0.3) is 0 Å². The van der Waals surface area contributed by atoms with E-state index in [0.717, 1.165) is 5.69 Å². The molecule has 0 radical (unpaired) electrons. The average Bonchev–Trinajstić information content (AvgIpc) is 2.03. The van der Waals surface area contributed by atoms with E-state index in [1.54, 1.807) is 12.1 Å². The first-order valence-electron chi connectivity index (χ1n) is 4.11. The van der Waals surface area contributed by atoms with Crippen molar-refractivity contribution in [1.82, 2.24) is 4.98 Å². The van der Waals surface area contributed by atoms with E-state index in [1.807, 2.05) is 20.8 Å². The third-order valence-corrected chi connectivity index (χ3v) is 1.78. The van der Waals surface area contributed by atoms with E-state index >= 15 is 0 Å². The van der Waals surface area contributed by atoms with Crippen LogP contribution in [-0.4, -0.2) is 16.1 Å². The fourth-order valence-corrected chi connectivity index (χ4v) is 0.964. The fraction of sp³-hybridized carbons (Fsp3) is 0.400. The number of carboxylic acids is 1. The number of halogens is 1. The zero-order valence-electron chi connectivity index (χ0n) is 8.44. The van der Waals surface area contributed by atoms with Gasteiger partial charge in [-0.2, -0.15) is 0 Å². The van der Waals surface area contributed by atoms with Crippen LogP contribution in [0, 0.1) is 0 Å². The largest absolute Gasteiger partial charge is 0.478 e. The Bertz CT molecular complexity index is 314. The Hall–Kier alpha value is -1.09. The zero-order valence-corrected chi connectivity index (χ0v) is 9.26. The van der Waals surface area contributed by atoms with Crippen molar-refractivity contribution in [2.75, 3.05) is 0 Å². The molecule has 0 aliphatic heterocycles. The summed E-state index contributed by atoms with van der Waals surface area (Å²) >= 11 is 0. The van der Waals surface area contributed by atoms with Crippen LogP contribution in [0.5, 0.6) is 0 Å². The number of aromatic nitrogens is 1. The van der Waals surface area contributed by atoms with Crippen molar-refractivity contribution < 1.29 is 9.90 Å². The molecule has 1 N–H and O–H groups in total. The minimum atomic E-state index is -0.937. The maximum absolute atomic E-state index is 10.5. The first-order valence-corrected chi connectivity index (χ1v) is 4.11. The molecule has 1 rings (SSSR count). The molecule has 1 aromatic heterocycles. The number of hydrogen-bond donors (Lipinski definition) is 1. The van der Waals surface area contributed by atoms with E-state index in [0.29, 0.717) is 0 Å². The molecule has 14 heavy (non-hydrogen) atoms. The van der Waals surface area contributed by atoms with Crippen LogP contribution in [0.2, 0.25) is 0 Å². The second-order valence-electron chi connectivity index (χ2n) is 3.99. The van der Waals surface area contributed by atoms with Crippen molar-refractivity contribution in [2.45, 2.75) is 26.2 Å². The summed E-state index contributed by atoms with van der Waals surface area (Å²) < 4.78 is 0. The van der Waals surface area contributed by atoms with Crippen LogP contribution in [0.4, 0.5) is 0 Å². The van der Waals surface area contributed by atoms with E-state index in [2.05, 4.69) is 4.98 Å². The highest BCUT2D eigenvalue weighted by atomic mass is 35.5. The minimum absolute atomic E-state index is 0. The van der Waals surface area contributed by atoms with Gasteiger partial charge >= 0.3 is 5.97 Å². The van der Waals surface area contributed by atoms with Crippen LogP contribution in [0.15, 0.2) is 18.3 Å². The van der Waals surface area contributed by atoms with Crippen LogP contribution in [0.3, 0.4) is 0 Å². The van der Waals surface area contributed by atoms with Crippen molar-refractivity contribution in [3.63, 3.8) is 0 Å². The third-order valence-electron chi connectivity index (χ3n) is 1.78. The summed E-state index contributed by atoms with van der Waals surface area (Å²) in [5.74, 6) is -0.937. The maximum atomic E-state index is 10.5. The molecular formula is C10H14ClNO2. The van der Waals surface area contributed by atoms with E-state index < -0.39 is 5.97 Å². The van der Waals surface area contributed by atoms with Gasteiger partial charge in [-0.15, -0.1) is 12.4 Å². The summed E-state index contributed by atoms with van der Waals surface area (Å²) in [5, 5.41) is 8.64. The Balaban J connectivity index is 0.00000169. The number of carbonyl (C=O) groups is 1. The van der Waals surface area contributed by atoms with Crippen molar-refractivity contribution in [3.05, 3.63) is 29.6 Å². The Kier molecular flexibility index (Phi) is 4.08. The molecule has 1 heterocycles. The quantitative estimate of drug-likeness (QED) is 0.783. The lowest BCUT2D eigenvalue weighted by molar-refractivity contribution is 0.0696. The summed E-state index contributed by atoms with van der Waals surface area (Å²) in [4.78, 5) is 14.6. The molecule has 0 spiro atoms. The molecule has 3 nitrogen and oxygen atoms in total. The summed E-state index contributed by atoms with van der Waals surface area (Å²) in [7, 11) is 0. The molecule has 0 saturated heterocycles. The molecule has 0 saturated carbocycles. The molecule has 78 valence electrons. The van der Waals surface area contributed by atoms with E-state index in [1.165, 1.54) is 6.20 Å². The summed E-state index contributed by atoms with van der Waals surface area (Å²) in [6, 6.07) is 3.33. The highest BCUT2D eigenvalue weighted by Gasteiger charge is 2.15. The average molecular weight is 216 g/mol. The molecular weight excluding hydrogens is 202 g/mol. The number of aromatic carboxylic acids is 1. The van der Waals surface area contributed by atoms with Crippen LogP contribution in [-0.2, 0) is 5.41 Å². The normalized spacial score (nSPS) is 10.5. The van der Waals surface area contributed by atoms with Crippen molar-refractivity contribution in [3.8, 4) is 0 Å². The van der Waals surface area contributed by atoms with Gasteiger partial charge in [-0.05, 0) is 12.1 Å². The van der Waals surface area contributed by atoms with Gasteiger partial charge in [0.15, 0.2) is 0 Å². The van der Waals surface area contributed by atoms with Gasteiger partial charge in [0.25, 0.3) is 0 Å². The molecule has 0 amide bonds. The van der Waals surface area contributed by atoms with Gasteiger partial charge in [0.05, 0.1) is 5.56 Å². The van der Waals surface area contributed by atoms with Crippen molar-refractivity contribution in [2.24, 2.45) is 0 Å². The van der Waals surface area contributed by atoms with Gasteiger partial charge in [0.1, 0.15) is 0 Å². The number of nitrogens with zero attached hydrogens (tertiary/aromatic N) is 1. The highest BCUT2D eigenvalue weighted by Crippen LogP contribution is 2.19. The lowest BCUT2D eigenvalue weighted by Crippen LogP contribution is -2.13. The molecule has 0 aliphatic carbocycles. The molecule has 4 heteroatoms. The smallest absolute Gasteiger partial charge is 0.337 e. The fourth-order valence-electron chi connectivity index (χ4n) is 0.964. The summed E-state index contributed by atoms with van der Waals surface area (Å²) in [5.41, 5.74) is 1.10. The monoisotopic (exact) mass is 215 g/mol. The second-order valence-corrected chi connectivity index (χ2v) is 3.99. The minimum Gasteiger partial charge on any atom is -0.478 e. The summed E-state index contributed by atoms with van der Waals surface area (Å²) in [6.07, 6.45) is 1.39. The van der Waals surface area contributed by atoms with Crippen LogP contribution < -0.4 is 0 Å². The third kappa shape index (κ3) is 3.00. The molecule has 0 aliphatic rings. The maximum Gasteiger partial charge on any atom is 0.337 e. The summed E-state index contributed by atoms with van der Waals surface area (Å²) in [6.45, 7) is 6.11. The van der Waals surface area contributed by atoms with E-state index in [4.69, 9.17) is 5.11 Å². The van der Waals surface area contributed by atoms with E-state index in [-0.39, 0.29) is 23.4 Å². The topological polar surface area (TPSA) is 50.2 Å². The predicted octanol–water partition coefficient (Wildman–Crippen LogP) is 2.50. The van der Waals surface area contributed by atoms with Crippen molar-refractivity contribution >= 4 is 18.4 Å². The Morgan fingerprint density at radius 1 is 1.36 bits per heavy atom. The Labute approximate surface area is 89.6 Å². The molecule has 0 atom stereocenters. The zero-order chi connectivity index (χ0) is 10.1. The van der Waals surface area contributed by atoms with Gasteiger partial charge < -0.3 is 5.11 Å². The van der Waals surface area contributed by atoms with Gasteiger partial charge in [-0.25, -0.2) is 4.79 Å². The standard InChI is InChI=1S/C10H13NO2.ClH/c1-10(2,3)8-5-4-7(6-11-8)9(12)13;/h4-6H,1-3H3,(H,12,13);1H. The molecule has 0 bridgehead atoms. The second kappa shape index (κ2) is 4.42. The van der Waals surface area contributed by atoms with E-state index in [9.17, 15) is 4.79 Å². The van der Waals surface area contributed by atoms with Gasteiger partial charge in [0, 0.05) is 17.3 Å². The first kappa shape index (κ1) is 12.9. The van der Waals surface area contributed by atoms with Crippen LogP contribution >= 0.6 is 12.4 Å². The SMILES string of the molecule is CC(C)(C)c1ccc(C(=O)O)cn1.Cl. The first-order chi connectivity index (χ1) is 5.91. The van der Waals surface area contributed by atoms with Gasteiger partial charge in [0.2, 0.25) is 0 Å². The lowest BCUT2D eigenvalue weighted by Gasteiger charge is -2.16. The molecule has 0 fully saturated rings. The van der Waals surface area contributed by atoms with Crippen molar-refractivity contribution in [1.29, 1.82) is 0 Å². The molecule has 0 aromatic carbocycles. The highest BCUT2D eigenvalue weighted by molar-refractivity contribution is 5.87. The molecule has 1 aromatic rings. The number of pyridine rings is 1. The number of rotatable bonds is 1. The molecule has 0 unspecified atom stereocenters. The predicted molar refractivity (Wildman–Crippen MR) is 57.1 cm³/mol. The number of hydrogen-bond acceptors (Lipinski definition) is 2. The Morgan fingerprint density at radius 3 is 2.21 bits per heavy atom. The number of carboxylic acid groups (broad SMARTS) is 1. The van der Waals surface area contributed by atoms with Gasteiger partial charge in [-0.1, -0.05) is 20.8 Å². The lowest BCUT2D eigenvalue weighted by atomic mass is 9.91.